The average Bonchev–Trinajstić information content (AvgIpc) is 3.02. The lowest BCUT2D eigenvalue weighted by Crippen LogP contribution is -2.26. The minimum absolute atomic E-state index is 0.119. The number of nitrogens with one attached hydrogen (secondary N) is 1. The quantitative estimate of drug-likeness (QED) is 0.889. The highest BCUT2D eigenvalue weighted by molar-refractivity contribution is 7.09. The second kappa shape index (κ2) is 6.71. The molecule has 0 spiro atoms. The Morgan fingerprint density at radius 1 is 1.38 bits per heavy atom. The van der Waals surface area contributed by atoms with E-state index >= 15 is 0 Å². The minimum Gasteiger partial charge on any atom is -0.336 e. The van der Waals surface area contributed by atoms with E-state index in [2.05, 4.69) is 47.9 Å². The summed E-state index contributed by atoms with van der Waals surface area (Å²) in [4.78, 5) is 9.06. The maximum Gasteiger partial charge on any atom is 0.0948 e. The number of imidazole rings is 1. The molecule has 2 heterocycles. The second-order valence-electron chi connectivity index (χ2n) is 6.52. The van der Waals surface area contributed by atoms with Gasteiger partial charge in [-0.05, 0) is 13.0 Å². The van der Waals surface area contributed by atoms with Gasteiger partial charge in [-0.15, -0.1) is 11.3 Å². The average molecular weight is 306 g/mol. The molecule has 21 heavy (non-hydrogen) atoms. The maximum atomic E-state index is 4.82. The molecule has 2 aromatic heterocycles. The van der Waals surface area contributed by atoms with Crippen LogP contribution in [-0.4, -0.2) is 21.1 Å². The third kappa shape index (κ3) is 4.14. The molecule has 1 unspecified atom stereocenters. The van der Waals surface area contributed by atoms with Crippen LogP contribution in [0.25, 0.3) is 0 Å². The van der Waals surface area contributed by atoms with E-state index in [4.69, 9.17) is 4.98 Å². The molecule has 116 valence electrons. The number of rotatable bonds is 6. The molecule has 0 fully saturated rings. The zero-order chi connectivity index (χ0) is 15.5. The molecule has 0 aliphatic heterocycles. The van der Waals surface area contributed by atoms with Gasteiger partial charge < -0.3 is 9.88 Å². The molecule has 2 rings (SSSR count). The molecule has 0 amide bonds. The van der Waals surface area contributed by atoms with Gasteiger partial charge >= 0.3 is 0 Å². The molecule has 5 heteroatoms. The molecule has 0 saturated heterocycles. The summed E-state index contributed by atoms with van der Waals surface area (Å²) in [5, 5.41) is 6.99. The van der Waals surface area contributed by atoms with Crippen molar-refractivity contribution in [3.05, 3.63) is 34.3 Å². The molecular formula is C16H26N4S. The van der Waals surface area contributed by atoms with Gasteiger partial charge in [0.1, 0.15) is 0 Å². The van der Waals surface area contributed by atoms with Crippen LogP contribution in [0.4, 0.5) is 0 Å². The van der Waals surface area contributed by atoms with E-state index in [1.165, 1.54) is 16.4 Å². The molecule has 0 saturated carbocycles. The Hall–Kier alpha value is -1.20. The lowest BCUT2D eigenvalue weighted by molar-refractivity contribution is 0.500. The summed E-state index contributed by atoms with van der Waals surface area (Å²) in [6, 6.07) is 0.274. The van der Waals surface area contributed by atoms with E-state index < -0.39 is 0 Å². The molecule has 1 atom stereocenters. The van der Waals surface area contributed by atoms with Crippen LogP contribution in [0.2, 0.25) is 0 Å². The first kappa shape index (κ1) is 16.2. The first-order valence-corrected chi connectivity index (χ1v) is 8.44. The molecule has 0 aliphatic carbocycles. The van der Waals surface area contributed by atoms with Crippen LogP contribution < -0.4 is 5.32 Å². The van der Waals surface area contributed by atoms with Crippen molar-refractivity contribution in [3.8, 4) is 0 Å². The Morgan fingerprint density at radius 2 is 2.14 bits per heavy atom. The van der Waals surface area contributed by atoms with Crippen molar-refractivity contribution in [2.45, 2.75) is 52.0 Å². The fourth-order valence-corrected chi connectivity index (χ4v) is 3.29. The Bertz CT molecular complexity index is 565. The van der Waals surface area contributed by atoms with Crippen molar-refractivity contribution >= 4 is 11.3 Å². The van der Waals surface area contributed by atoms with Gasteiger partial charge in [-0.3, -0.25) is 0 Å². The summed E-state index contributed by atoms with van der Waals surface area (Å²) in [6.07, 6.45) is 5.85. The molecule has 4 nitrogen and oxygen atoms in total. The van der Waals surface area contributed by atoms with Gasteiger partial charge in [0, 0.05) is 30.5 Å². The van der Waals surface area contributed by atoms with E-state index in [0.717, 1.165) is 19.4 Å². The first-order chi connectivity index (χ1) is 9.91. The molecule has 0 aromatic carbocycles. The zero-order valence-corrected chi connectivity index (χ0v) is 14.5. The van der Waals surface area contributed by atoms with Gasteiger partial charge in [-0.25, -0.2) is 9.97 Å². The van der Waals surface area contributed by atoms with E-state index in [9.17, 15) is 0 Å². The lowest BCUT2D eigenvalue weighted by atomic mass is 9.93. The number of hydrogen-bond acceptors (Lipinski definition) is 4. The number of aromatic nitrogens is 3. The Labute approximate surface area is 131 Å². The van der Waals surface area contributed by atoms with Crippen molar-refractivity contribution < 1.29 is 0 Å². The van der Waals surface area contributed by atoms with Crippen molar-refractivity contribution in [3.63, 3.8) is 0 Å². The number of aryl methyl sites for hydroxylation is 1. The van der Waals surface area contributed by atoms with Gasteiger partial charge in [0.15, 0.2) is 0 Å². The SMILES string of the molecule is CCCNC(Cc1nc(C(C)(C)C)cs1)c1cncn1C. The van der Waals surface area contributed by atoms with Crippen molar-refractivity contribution in [1.29, 1.82) is 0 Å². The zero-order valence-electron chi connectivity index (χ0n) is 13.7. The molecule has 1 N–H and O–H groups in total. The lowest BCUT2D eigenvalue weighted by Gasteiger charge is -2.18. The summed E-state index contributed by atoms with van der Waals surface area (Å²) >= 11 is 1.76. The van der Waals surface area contributed by atoms with Crippen LogP contribution in [0.1, 0.15) is 56.6 Å². The second-order valence-corrected chi connectivity index (χ2v) is 7.46. The topological polar surface area (TPSA) is 42.7 Å². The third-order valence-electron chi connectivity index (χ3n) is 3.55. The third-order valence-corrected chi connectivity index (χ3v) is 4.42. The largest absolute Gasteiger partial charge is 0.336 e. The van der Waals surface area contributed by atoms with E-state index in [0.29, 0.717) is 0 Å². The van der Waals surface area contributed by atoms with Gasteiger partial charge in [0.2, 0.25) is 0 Å². The highest BCUT2D eigenvalue weighted by Crippen LogP contribution is 2.26. The fraction of sp³-hybridized carbons (Fsp3) is 0.625. The van der Waals surface area contributed by atoms with Gasteiger partial charge in [-0.2, -0.15) is 0 Å². The Kier molecular flexibility index (Phi) is 5.17. The molecule has 0 radical (unpaired) electrons. The standard InChI is InChI=1S/C16H26N4S/c1-6-7-18-12(13-9-17-11-20(13)5)8-15-19-14(10-21-15)16(2,3)4/h9-12,18H,6-8H2,1-5H3. The van der Waals surface area contributed by atoms with Crippen molar-refractivity contribution in [1.82, 2.24) is 19.9 Å². The monoisotopic (exact) mass is 306 g/mol. The summed E-state index contributed by atoms with van der Waals surface area (Å²) in [6.45, 7) is 9.82. The maximum absolute atomic E-state index is 4.82. The number of hydrogen-bond donors (Lipinski definition) is 1. The van der Waals surface area contributed by atoms with E-state index in [1.807, 2.05) is 19.6 Å². The molecule has 0 aliphatic rings. The van der Waals surface area contributed by atoms with Crippen LogP contribution >= 0.6 is 11.3 Å². The molecular weight excluding hydrogens is 280 g/mol. The van der Waals surface area contributed by atoms with E-state index in [1.54, 1.807) is 11.3 Å². The van der Waals surface area contributed by atoms with E-state index in [-0.39, 0.29) is 11.5 Å². The Morgan fingerprint density at radius 3 is 2.67 bits per heavy atom. The van der Waals surface area contributed by atoms with Gasteiger partial charge in [0.05, 0.1) is 28.8 Å². The van der Waals surface area contributed by atoms with Crippen LogP contribution in [0.15, 0.2) is 17.9 Å². The van der Waals surface area contributed by atoms with Crippen LogP contribution in [0.5, 0.6) is 0 Å². The predicted octanol–water partition coefficient (Wildman–Crippen LogP) is 3.46. The van der Waals surface area contributed by atoms with Crippen molar-refractivity contribution in [2.75, 3.05) is 6.54 Å². The fourth-order valence-electron chi connectivity index (χ4n) is 2.23. The molecule has 0 bridgehead atoms. The van der Waals surface area contributed by atoms with Crippen LogP contribution in [0.3, 0.4) is 0 Å². The summed E-state index contributed by atoms with van der Waals surface area (Å²) < 4.78 is 2.09. The minimum atomic E-state index is 0.119. The summed E-state index contributed by atoms with van der Waals surface area (Å²) in [5.74, 6) is 0. The summed E-state index contributed by atoms with van der Waals surface area (Å²) in [7, 11) is 2.05. The van der Waals surface area contributed by atoms with Crippen LogP contribution in [0, 0.1) is 0 Å². The number of nitrogens with zero attached hydrogens (tertiary/aromatic N) is 3. The highest BCUT2D eigenvalue weighted by atomic mass is 32.1. The normalized spacial score (nSPS) is 13.6. The van der Waals surface area contributed by atoms with Gasteiger partial charge in [-0.1, -0.05) is 27.7 Å². The highest BCUT2D eigenvalue weighted by Gasteiger charge is 2.20. The summed E-state index contributed by atoms with van der Waals surface area (Å²) in [5.41, 5.74) is 2.52. The first-order valence-electron chi connectivity index (χ1n) is 7.56. The smallest absolute Gasteiger partial charge is 0.0948 e. The predicted molar refractivity (Wildman–Crippen MR) is 88.8 cm³/mol. The molecule has 2 aromatic rings. The number of thiazole rings is 1. The van der Waals surface area contributed by atoms with Crippen molar-refractivity contribution in [2.24, 2.45) is 7.05 Å². The Balaban J connectivity index is 2.15. The van der Waals surface area contributed by atoms with Gasteiger partial charge in [0.25, 0.3) is 0 Å². The van der Waals surface area contributed by atoms with Crippen LogP contribution in [-0.2, 0) is 18.9 Å².